The Hall–Kier alpha value is -2.54. The summed E-state index contributed by atoms with van der Waals surface area (Å²) in [6, 6.07) is 7.81. The molecule has 1 aliphatic heterocycles. The van der Waals surface area contributed by atoms with Gasteiger partial charge in [0.1, 0.15) is 5.82 Å². The van der Waals surface area contributed by atoms with Crippen molar-refractivity contribution in [2.24, 2.45) is 0 Å². The molecule has 1 aromatic carbocycles. The lowest BCUT2D eigenvalue weighted by Gasteiger charge is -2.11. The van der Waals surface area contributed by atoms with Crippen LogP contribution >= 0.6 is 12.6 Å². The molecule has 6 nitrogen and oxygen atoms in total. The van der Waals surface area contributed by atoms with E-state index in [4.69, 9.17) is 5.73 Å². The van der Waals surface area contributed by atoms with Crippen LogP contribution in [0.1, 0.15) is 20.7 Å². The molecule has 7 heteroatoms. The van der Waals surface area contributed by atoms with Crippen LogP contribution in [0.3, 0.4) is 0 Å². The Kier molecular flexibility index (Phi) is 2.65. The Morgan fingerprint density at radius 2 is 1.70 bits per heavy atom. The Bertz CT molecular complexity index is 809. The second-order valence-corrected chi connectivity index (χ2v) is 4.81. The van der Waals surface area contributed by atoms with E-state index in [2.05, 4.69) is 17.9 Å². The third kappa shape index (κ3) is 1.71. The molecule has 1 aliphatic rings. The molecule has 0 aliphatic carbocycles. The van der Waals surface area contributed by atoms with E-state index in [0.717, 1.165) is 11.0 Å². The molecule has 0 spiro atoms. The number of nitrogen functional groups attached to an aromatic ring is 1. The molecule has 20 heavy (non-hydrogen) atoms. The summed E-state index contributed by atoms with van der Waals surface area (Å²) in [6.45, 7) is 0. The number of aromatic nitrogens is 1. The predicted octanol–water partition coefficient (Wildman–Crippen LogP) is 0.592. The zero-order valence-corrected chi connectivity index (χ0v) is 11.0. The molecule has 3 rings (SSSR count). The fourth-order valence-corrected chi connectivity index (χ4v) is 2.30. The van der Waals surface area contributed by atoms with Gasteiger partial charge >= 0.3 is 0 Å². The standard InChI is InChI=1S/C13H9N3O3S/c14-11-10-8(12(18)15-13(10)19)5-9(17)16(11)6-1-3-7(20)4-2-6/h1-5,20H,14H2,(H,15,18,19). The summed E-state index contributed by atoms with van der Waals surface area (Å²) in [7, 11) is 0. The fourth-order valence-electron chi connectivity index (χ4n) is 2.15. The number of hydrogen-bond acceptors (Lipinski definition) is 5. The van der Waals surface area contributed by atoms with E-state index in [1.165, 1.54) is 4.57 Å². The van der Waals surface area contributed by atoms with Crippen molar-refractivity contribution in [2.45, 2.75) is 4.90 Å². The number of anilines is 1. The molecule has 2 heterocycles. The van der Waals surface area contributed by atoms with Crippen LogP contribution in [0, 0.1) is 0 Å². The molecule has 0 unspecified atom stereocenters. The number of thiol groups is 1. The SMILES string of the molecule is Nc1c2c(cc(=O)n1-c1ccc(S)cc1)C(=O)NC2=O. The van der Waals surface area contributed by atoms with E-state index in [-0.39, 0.29) is 16.9 Å². The van der Waals surface area contributed by atoms with E-state index in [0.29, 0.717) is 5.69 Å². The zero-order valence-electron chi connectivity index (χ0n) is 10.1. The van der Waals surface area contributed by atoms with Gasteiger partial charge in [-0.1, -0.05) is 0 Å². The number of nitrogens with one attached hydrogen (secondary N) is 1. The number of pyridine rings is 1. The zero-order chi connectivity index (χ0) is 14.4. The Labute approximate surface area is 118 Å². The van der Waals surface area contributed by atoms with E-state index < -0.39 is 17.4 Å². The molecule has 0 bridgehead atoms. The van der Waals surface area contributed by atoms with Gasteiger partial charge in [0.2, 0.25) is 0 Å². The van der Waals surface area contributed by atoms with Crippen molar-refractivity contribution in [3.05, 3.63) is 51.8 Å². The summed E-state index contributed by atoms with van der Waals surface area (Å²) in [5.41, 5.74) is 5.96. The molecular formula is C13H9N3O3S. The normalized spacial score (nSPS) is 13.2. The highest BCUT2D eigenvalue weighted by Crippen LogP contribution is 2.23. The van der Waals surface area contributed by atoms with Crippen LogP contribution in [0.4, 0.5) is 5.82 Å². The van der Waals surface area contributed by atoms with Gasteiger partial charge in [0.15, 0.2) is 0 Å². The molecule has 0 atom stereocenters. The van der Waals surface area contributed by atoms with Crippen molar-refractivity contribution in [1.82, 2.24) is 9.88 Å². The Morgan fingerprint density at radius 3 is 2.35 bits per heavy atom. The number of carbonyl (C=O) groups is 2. The van der Waals surface area contributed by atoms with Gasteiger partial charge < -0.3 is 5.73 Å². The van der Waals surface area contributed by atoms with Gasteiger partial charge in [0.25, 0.3) is 17.4 Å². The first kappa shape index (κ1) is 12.5. The smallest absolute Gasteiger partial charge is 0.262 e. The molecule has 2 amide bonds. The van der Waals surface area contributed by atoms with Gasteiger partial charge in [0, 0.05) is 11.0 Å². The highest BCUT2D eigenvalue weighted by molar-refractivity contribution is 7.80. The molecular weight excluding hydrogens is 278 g/mol. The van der Waals surface area contributed by atoms with E-state index in [1.54, 1.807) is 24.3 Å². The minimum Gasteiger partial charge on any atom is -0.384 e. The number of carbonyl (C=O) groups excluding carboxylic acids is 2. The minimum absolute atomic E-state index is 0.0135. The number of hydrogen-bond donors (Lipinski definition) is 3. The van der Waals surface area contributed by atoms with Crippen LogP contribution in [-0.2, 0) is 0 Å². The summed E-state index contributed by atoms with van der Waals surface area (Å²) < 4.78 is 1.18. The van der Waals surface area contributed by atoms with Gasteiger partial charge in [0.05, 0.1) is 16.8 Å². The molecule has 0 fully saturated rings. The maximum atomic E-state index is 12.1. The summed E-state index contributed by atoms with van der Waals surface area (Å²) in [4.78, 5) is 36.1. The first-order valence-corrected chi connectivity index (χ1v) is 6.14. The van der Waals surface area contributed by atoms with Gasteiger partial charge in [-0.05, 0) is 24.3 Å². The molecule has 0 radical (unpaired) electrons. The summed E-state index contributed by atoms with van der Waals surface area (Å²) in [5.74, 6) is -1.25. The Balaban J connectivity index is 2.31. The highest BCUT2D eigenvalue weighted by Gasteiger charge is 2.31. The van der Waals surface area contributed by atoms with Crippen LogP contribution in [0.5, 0.6) is 0 Å². The van der Waals surface area contributed by atoms with Crippen molar-refractivity contribution in [3.8, 4) is 5.69 Å². The Morgan fingerprint density at radius 1 is 1.05 bits per heavy atom. The molecule has 0 saturated heterocycles. The second kappa shape index (κ2) is 4.24. The van der Waals surface area contributed by atoms with Crippen molar-refractivity contribution in [2.75, 3.05) is 5.73 Å². The first-order valence-electron chi connectivity index (χ1n) is 5.69. The maximum absolute atomic E-state index is 12.1. The number of amides is 2. The van der Waals surface area contributed by atoms with Crippen LogP contribution in [0.2, 0.25) is 0 Å². The van der Waals surface area contributed by atoms with E-state index >= 15 is 0 Å². The lowest BCUT2D eigenvalue weighted by atomic mass is 10.1. The first-order chi connectivity index (χ1) is 9.49. The number of nitrogens with two attached hydrogens (primary N) is 1. The molecule has 100 valence electrons. The maximum Gasteiger partial charge on any atom is 0.262 e. The third-order valence-electron chi connectivity index (χ3n) is 3.06. The van der Waals surface area contributed by atoms with Crippen LogP contribution in [0.25, 0.3) is 5.69 Å². The van der Waals surface area contributed by atoms with E-state index in [1.807, 2.05) is 0 Å². The molecule has 3 N–H and O–H groups in total. The third-order valence-corrected chi connectivity index (χ3v) is 3.36. The fraction of sp³-hybridized carbons (Fsp3) is 0. The van der Waals surface area contributed by atoms with Gasteiger partial charge in [-0.15, -0.1) is 12.6 Å². The van der Waals surface area contributed by atoms with Gasteiger partial charge in [-0.25, -0.2) is 0 Å². The molecule has 2 aromatic rings. The second-order valence-electron chi connectivity index (χ2n) is 4.29. The van der Waals surface area contributed by atoms with Crippen molar-refractivity contribution < 1.29 is 9.59 Å². The lowest BCUT2D eigenvalue weighted by molar-refractivity contribution is 0.0880. The monoisotopic (exact) mass is 287 g/mol. The number of fused-ring (bicyclic) bond motifs is 1. The summed E-state index contributed by atoms with van der Waals surface area (Å²) >= 11 is 4.16. The highest BCUT2D eigenvalue weighted by atomic mass is 32.1. The van der Waals surface area contributed by atoms with Crippen molar-refractivity contribution >= 4 is 30.3 Å². The number of nitrogens with zero attached hydrogens (tertiary/aromatic N) is 1. The lowest BCUT2D eigenvalue weighted by Crippen LogP contribution is -2.24. The number of rotatable bonds is 1. The molecule has 1 aromatic heterocycles. The summed E-state index contributed by atoms with van der Waals surface area (Å²) in [6.07, 6.45) is 0. The van der Waals surface area contributed by atoms with Crippen LogP contribution in [-0.4, -0.2) is 16.4 Å². The predicted molar refractivity (Wildman–Crippen MR) is 75.5 cm³/mol. The largest absolute Gasteiger partial charge is 0.384 e. The topological polar surface area (TPSA) is 94.2 Å². The van der Waals surface area contributed by atoms with Crippen LogP contribution in [0.15, 0.2) is 40.0 Å². The van der Waals surface area contributed by atoms with E-state index in [9.17, 15) is 14.4 Å². The number of imide groups is 1. The average Bonchev–Trinajstić information content (AvgIpc) is 2.67. The van der Waals surface area contributed by atoms with Crippen molar-refractivity contribution in [1.29, 1.82) is 0 Å². The van der Waals surface area contributed by atoms with Crippen molar-refractivity contribution in [3.63, 3.8) is 0 Å². The number of benzene rings is 1. The van der Waals surface area contributed by atoms with Gasteiger partial charge in [-0.2, -0.15) is 0 Å². The molecule has 0 saturated carbocycles. The minimum atomic E-state index is -0.605. The quantitative estimate of drug-likeness (QED) is 0.528. The van der Waals surface area contributed by atoms with Gasteiger partial charge in [-0.3, -0.25) is 24.3 Å². The van der Waals surface area contributed by atoms with Crippen LogP contribution < -0.4 is 16.6 Å². The average molecular weight is 287 g/mol. The summed E-state index contributed by atoms with van der Waals surface area (Å²) in [5, 5.41) is 2.12.